The second kappa shape index (κ2) is 8.29. The van der Waals surface area contributed by atoms with Crippen molar-refractivity contribution in [2.45, 2.75) is 23.5 Å². The highest BCUT2D eigenvalue weighted by Gasteiger charge is 2.36. The molecule has 1 amide bonds. The Bertz CT molecular complexity index is 862. The maximum Gasteiger partial charge on any atom is 0.446 e. The fraction of sp³-hybridized carbons (Fsp3) is 0.286. The van der Waals surface area contributed by atoms with Crippen molar-refractivity contribution in [1.29, 1.82) is 0 Å². The summed E-state index contributed by atoms with van der Waals surface area (Å²) in [5.41, 5.74) is -6.75. The lowest BCUT2D eigenvalue weighted by Gasteiger charge is -2.13. The summed E-state index contributed by atoms with van der Waals surface area (Å²) < 4.78 is 82.0. The first-order valence-corrected chi connectivity index (χ1v) is 8.75. The fourth-order valence-corrected chi connectivity index (χ4v) is 3.39. The molecule has 5 nitrogen and oxygen atoms in total. The molecular formula is C14H9Cl2F6N3O2S. The van der Waals surface area contributed by atoms with Gasteiger partial charge in [0.2, 0.25) is 0 Å². The molecule has 0 aliphatic heterocycles. The Balaban J connectivity index is 2.59. The number of benzene rings is 1. The molecule has 28 heavy (non-hydrogen) atoms. The van der Waals surface area contributed by atoms with Crippen LogP contribution in [-0.2, 0) is 10.9 Å². The zero-order valence-electron chi connectivity index (χ0n) is 13.6. The van der Waals surface area contributed by atoms with Crippen LogP contribution in [0.5, 0.6) is 0 Å². The topological polar surface area (TPSA) is 67.0 Å². The number of thioether (sulfide) groups is 1. The van der Waals surface area contributed by atoms with Gasteiger partial charge in [-0.1, -0.05) is 23.2 Å². The van der Waals surface area contributed by atoms with Crippen LogP contribution in [0.3, 0.4) is 0 Å². The number of rotatable bonds is 4. The van der Waals surface area contributed by atoms with Crippen LogP contribution in [-0.4, -0.2) is 28.4 Å². The Morgan fingerprint density at radius 2 is 1.79 bits per heavy atom. The maximum absolute atomic E-state index is 13.0. The van der Waals surface area contributed by atoms with Gasteiger partial charge in [-0.05, 0) is 30.8 Å². The molecule has 2 aromatic rings. The van der Waals surface area contributed by atoms with Crippen LogP contribution in [0.4, 0.5) is 37.0 Å². The molecule has 0 atom stereocenters. The predicted molar refractivity (Wildman–Crippen MR) is 91.6 cm³/mol. The summed E-state index contributed by atoms with van der Waals surface area (Å²) in [6.45, 7) is 1.42. The molecule has 0 radical (unpaired) electrons. The minimum atomic E-state index is -4.81. The van der Waals surface area contributed by atoms with E-state index in [0.717, 1.165) is 0 Å². The SMILES string of the molecule is CCOC(=O)Nc1n[nH]c(-c2c(Cl)cc(C(F)(F)F)cc2Cl)c1SC(F)(F)F. The highest BCUT2D eigenvalue weighted by atomic mass is 35.5. The number of H-pyrrole nitrogens is 1. The average Bonchev–Trinajstić information content (AvgIpc) is 2.87. The van der Waals surface area contributed by atoms with E-state index in [2.05, 4.69) is 14.9 Å². The second-order valence-electron chi connectivity index (χ2n) is 4.98. The first-order valence-electron chi connectivity index (χ1n) is 7.18. The molecule has 0 aliphatic rings. The van der Waals surface area contributed by atoms with Gasteiger partial charge >= 0.3 is 17.8 Å². The molecule has 154 valence electrons. The van der Waals surface area contributed by atoms with Gasteiger partial charge in [-0.25, -0.2) is 4.79 Å². The molecule has 1 heterocycles. The number of hydrogen-bond donors (Lipinski definition) is 2. The lowest BCUT2D eigenvalue weighted by Crippen LogP contribution is -2.14. The van der Waals surface area contributed by atoms with Crippen LogP contribution in [0.2, 0.25) is 10.0 Å². The van der Waals surface area contributed by atoms with E-state index in [-0.39, 0.29) is 12.2 Å². The highest BCUT2D eigenvalue weighted by molar-refractivity contribution is 8.00. The summed E-state index contributed by atoms with van der Waals surface area (Å²) in [4.78, 5) is 10.9. The lowest BCUT2D eigenvalue weighted by molar-refractivity contribution is -0.137. The molecule has 0 bridgehead atoms. The van der Waals surface area contributed by atoms with Crippen molar-refractivity contribution >= 4 is 46.9 Å². The van der Waals surface area contributed by atoms with Crippen molar-refractivity contribution in [2.24, 2.45) is 0 Å². The Morgan fingerprint density at radius 3 is 2.25 bits per heavy atom. The molecule has 0 spiro atoms. The number of anilines is 1. The summed E-state index contributed by atoms with van der Waals surface area (Å²) in [6, 6.07) is 1.04. The van der Waals surface area contributed by atoms with E-state index in [9.17, 15) is 31.1 Å². The average molecular weight is 468 g/mol. The zero-order valence-corrected chi connectivity index (χ0v) is 15.9. The van der Waals surface area contributed by atoms with Crippen molar-refractivity contribution < 1.29 is 35.9 Å². The largest absolute Gasteiger partial charge is 0.450 e. The van der Waals surface area contributed by atoms with Crippen LogP contribution in [0.25, 0.3) is 11.3 Å². The Kier molecular flexibility index (Phi) is 6.66. The summed E-state index contributed by atoms with van der Waals surface area (Å²) in [5.74, 6) is -0.553. The number of aromatic amines is 1. The van der Waals surface area contributed by atoms with Crippen LogP contribution >= 0.6 is 35.0 Å². The van der Waals surface area contributed by atoms with Crippen molar-refractivity contribution in [2.75, 3.05) is 11.9 Å². The van der Waals surface area contributed by atoms with Gasteiger partial charge in [0, 0.05) is 5.56 Å². The number of carbonyl (C=O) groups is 1. The molecule has 0 aliphatic carbocycles. The third-order valence-electron chi connectivity index (χ3n) is 3.05. The minimum Gasteiger partial charge on any atom is -0.450 e. The van der Waals surface area contributed by atoms with Gasteiger partial charge < -0.3 is 4.74 Å². The molecule has 14 heteroatoms. The molecule has 0 saturated carbocycles. The summed E-state index contributed by atoms with van der Waals surface area (Å²) in [7, 11) is 0. The highest BCUT2D eigenvalue weighted by Crippen LogP contribution is 2.48. The second-order valence-corrected chi connectivity index (χ2v) is 6.87. The van der Waals surface area contributed by atoms with Gasteiger partial charge in [0.15, 0.2) is 5.82 Å². The van der Waals surface area contributed by atoms with Gasteiger partial charge in [0.05, 0.1) is 32.8 Å². The maximum atomic E-state index is 13.0. The smallest absolute Gasteiger partial charge is 0.446 e. The summed E-state index contributed by atoms with van der Waals surface area (Å²) in [5, 5.41) is 6.65. The molecule has 2 rings (SSSR count). The number of amides is 1. The first kappa shape index (κ1) is 22.5. The molecule has 0 fully saturated rings. The molecule has 0 saturated heterocycles. The number of nitrogens with one attached hydrogen (secondary N) is 2. The van der Waals surface area contributed by atoms with Crippen LogP contribution < -0.4 is 5.32 Å². The number of alkyl halides is 6. The number of aromatic nitrogens is 2. The van der Waals surface area contributed by atoms with Gasteiger partial charge in [-0.15, -0.1) is 0 Å². The predicted octanol–water partition coefficient (Wildman–Crippen LogP) is 6.58. The van der Waals surface area contributed by atoms with E-state index in [4.69, 9.17) is 23.2 Å². The van der Waals surface area contributed by atoms with Gasteiger partial charge in [0.25, 0.3) is 0 Å². The van der Waals surface area contributed by atoms with Crippen molar-refractivity contribution in [3.63, 3.8) is 0 Å². The summed E-state index contributed by atoms with van der Waals surface area (Å²) in [6.07, 6.45) is -5.84. The number of hydrogen-bond acceptors (Lipinski definition) is 4. The molecule has 1 aromatic heterocycles. The fourth-order valence-electron chi connectivity index (χ4n) is 2.04. The number of carbonyl (C=O) groups excluding carboxylic acids is 1. The standard InChI is InChI=1S/C14H9Cl2F6N3O2S/c1-2-27-12(26)23-11-10(28-14(20,21)22)9(24-25-11)8-6(15)3-5(4-7(8)16)13(17,18)19/h3-4H,2H2,1H3,(H2,23,24,25,26). The Labute approximate surface area is 167 Å². The quantitative estimate of drug-likeness (QED) is 0.393. The van der Waals surface area contributed by atoms with E-state index in [1.165, 1.54) is 6.92 Å². The van der Waals surface area contributed by atoms with E-state index < -0.39 is 61.6 Å². The van der Waals surface area contributed by atoms with Crippen LogP contribution in [0.1, 0.15) is 12.5 Å². The zero-order chi connectivity index (χ0) is 21.3. The monoisotopic (exact) mass is 467 g/mol. The van der Waals surface area contributed by atoms with Gasteiger partial charge in [-0.3, -0.25) is 10.4 Å². The molecular weight excluding hydrogens is 459 g/mol. The third-order valence-corrected chi connectivity index (χ3v) is 4.48. The summed E-state index contributed by atoms with van der Waals surface area (Å²) >= 11 is 11.0. The van der Waals surface area contributed by atoms with E-state index in [1.807, 2.05) is 5.32 Å². The number of ether oxygens (including phenoxy) is 1. The van der Waals surface area contributed by atoms with E-state index in [0.29, 0.717) is 12.1 Å². The van der Waals surface area contributed by atoms with E-state index in [1.54, 1.807) is 0 Å². The third kappa shape index (κ3) is 5.39. The first-order chi connectivity index (χ1) is 12.8. The van der Waals surface area contributed by atoms with Crippen molar-refractivity contribution in [1.82, 2.24) is 10.2 Å². The van der Waals surface area contributed by atoms with Crippen molar-refractivity contribution in [3.05, 3.63) is 27.7 Å². The molecule has 2 N–H and O–H groups in total. The van der Waals surface area contributed by atoms with Crippen LogP contribution in [0, 0.1) is 0 Å². The number of halogens is 8. The van der Waals surface area contributed by atoms with Gasteiger partial charge in [-0.2, -0.15) is 31.4 Å². The Hall–Kier alpha value is -1.79. The van der Waals surface area contributed by atoms with Crippen molar-refractivity contribution in [3.8, 4) is 11.3 Å². The Morgan fingerprint density at radius 1 is 1.21 bits per heavy atom. The van der Waals surface area contributed by atoms with Gasteiger partial charge in [0.1, 0.15) is 0 Å². The molecule has 0 unspecified atom stereocenters. The lowest BCUT2D eigenvalue weighted by atomic mass is 10.1. The molecule has 1 aromatic carbocycles. The number of nitrogens with zero attached hydrogens (tertiary/aromatic N) is 1. The normalized spacial score (nSPS) is 12.2. The van der Waals surface area contributed by atoms with Crippen LogP contribution in [0.15, 0.2) is 17.0 Å². The van der Waals surface area contributed by atoms with E-state index >= 15 is 0 Å². The minimum absolute atomic E-state index is 0.0541.